The number of hydrogen-bond acceptors (Lipinski definition) is 5. The summed E-state index contributed by atoms with van der Waals surface area (Å²) in [4.78, 5) is 15.9. The third-order valence-electron chi connectivity index (χ3n) is 11.7. The van der Waals surface area contributed by atoms with Crippen LogP contribution < -0.4 is 0 Å². The van der Waals surface area contributed by atoms with Crippen LogP contribution in [0.15, 0.2) is 217 Å². The van der Waals surface area contributed by atoms with Crippen LogP contribution in [0.3, 0.4) is 0 Å². The summed E-state index contributed by atoms with van der Waals surface area (Å²) in [7, 11) is 0. The quantitative estimate of drug-likeness (QED) is 0.161. The summed E-state index contributed by atoms with van der Waals surface area (Å²) in [5, 5.41) is 4.43. The average molecular weight is 810 g/mol. The molecule has 0 bridgehead atoms. The van der Waals surface area contributed by atoms with E-state index in [0.29, 0.717) is 17.5 Å². The van der Waals surface area contributed by atoms with Crippen LogP contribution >= 0.6 is 11.3 Å². The lowest BCUT2D eigenvalue weighted by Gasteiger charge is -2.11. The highest BCUT2D eigenvalue weighted by molar-refractivity contribution is 7.26. The summed E-state index contributed by atoms with van der Waals surface area (Å²) >= 11 is 1.80. The van der Waals surface area contributed by atoms with E-state index >= 15 is 0 Å². The molecule has 0 aliphatic heterocycles. The Morgan fingerprint density at radius 3 is 1.48 bits per heavy atom. The summed E-state index contributed by atoms with van der Waals surface area (Å²) in [6, 6.07) is 74.6. The van der Waals surface area contributed by atoms with Gasteiger partial charge in [-0.3, -0.25) is 0 Å². The van der Waals surface area contributed by atoms with Gasteiger partial charge in [0.25, 0.3) is 0 Å². The Balaban J connectivity index is 1.09. The number of hydrogen-bond donors (Lipinski definition) is 0. The van der Waals surface area contributed by atoms with E-state index in [2.05, 4.69) is 188 Å². The molecule has 290 valence electrons. The second kappa shape index (κ2) is 14.9. The number of rotatable bonds is 7. The Bertz CT molecular complexity index is 3620. The monoisotopic (exact) mass is 809 g/mol. The molecule has 0 amide bonds. The normalized spacial score (nSPS) is 11.5. The molecule has 3 heterocycles. The van der Waals surface area contributed by atoms with Gasteiger partial charge >= 0.3 is 0 Å². The molecule has 0 aliphatic carbocycles. The molecule has 0 saturated heterocycles. The van der Waals surface area contributed by atoms with Crippen molar-refractivity contribution in [3.8, 4) is 78.7 Å². The highest BCUT2D eigenvalue weighted by Gasteiger charge is 2.22. The lowest BCUT2D eigenvalue weighted by atomic mass is 9.96. The predicted octanol–water partition coefficient (Wildman–Crippen LogP) is 15.8. The molecule has 62 heavy (non-hydrogen) atoms. The SMILES string of the molecule is c1ccc(-c2cccc(-c3cccc4c3sc3c(-c5nc(-c6ccccc6)nc(-c6cccc7c6oc6ccc(-c8ccccc8)cc67)n5)cc(-c5ccccc5)cc34)c2)cc1. The lowest BCUT2D eigenvalue weighted by molar-refractivity contribution is 0.669. The maximum atomic E-state index is 6.70. The Morgan fingerprint density at radius 2 is 0.790 bits per heavy atom. The highest BCUT2D eigenvalue weighted by Crippen LogP contribution is 2.46. The molecule has 0 fully saturated rings. The van der Waals surface area contributed by atoms with E-state index in [0.717, 1.165) is 65.6 Å². The molecule has 0 radical (unpaired) electrons. The molecule has 12 rings (SSSR count). The van der Waals surface area contributed by atoms with E-state index in [1.54, 1.807) is 11.3 Å². The van der Waals surface area contributed by atoms with Crippen LogP contribution in [-0.2, 0) is 0 Å². The van der Waals surface area contributed by atoms with Gasteiger partial charge in [0.05, 0.1) is 5.56 Å². The molecule has 0 N–H and O–H groups in total. The largest absolute Gasteiger partial charge is 0.455 e. The zero-order valence-electron chi connectivity index (χ0n) is 33.4. The molecule has 3 aromatic heterocycles. The van der Waals surface area contributed by atoms with Crippen LogP contribution in [0.4, 0.5) is 0 Å². The molecule has 0 spiro atoms. The van der Waals surface area contributed by atoms with E-state index in [1.165, 1.54) is 37.7 Å². The van der Waals surface area contributed by atoms with Gasteiger partial charge in [-0.05, 0) is 80.9 Å². The van der Waals surface area contributed by atoms with Gasteiger partial charge in [0.1, 0.15) is 11.2 Å². The summed E-state index contributed by atoms with van der Waals surface area (Å²) in [5.41, 5.74) is 13.5. The Labute approximate surface area is 362 Å². The van der Waals surface area contributed by atoms with Crippen molar-refractivity contribution in [1.29, 1.82) is 0 Å². The fourth-order valence-corrected chi connectivity index (χ4v) is 10.0. The maximum Gasteiger partial charge on any atom is 0.167 e. The maximum absolute atomic E-state index is 6.70. The van der Waals surface area contributed by atoms with E-state index < -0.39 is 0 Å². The summed E-state index contributed by atoms with van der Waals surface area (Å²) in [6.45, 7) is 0. The predicted molar refractivity (Wildman–Crippen MR) is 258 cm³/mol. The summed E-state index contributed by atoms with van der Waals surface area (Å²) in [6.07, 6.45) is 0. The van der Waals surface area contributed by atoms with Gasteiger partial charge in [-0.15, -0.1) is 11.3 Å². The van der Waals surface area contributed by atoms with E-state index in [1.807, 2.05) is 24.3 Å². The van der Waals surface area contributed by atoms with Gasteiger partial charge in [0, 0.05) is 42.1 Å². The second-order valence-corrected chi connectivity index (χ2v) is 16.6. The van der Waals surface area contributed by atoms with Crippen molar-refractivity contribution in [2.24, 2.45) is 0 Å². The molecule has 0 aliphatic rings. The van der Waals surface area contributed by atoms with Crippen LogP contribution in [0.5, 0.6) is 0 Å². The van der Waals surface area contributed by atoms with Crippen LogP contribution in [0.25, 0.3) is 121 Å². The molecular formula is C57H35N3OS. The first-order chi connectivity index (χ1) is 30.7. The van der Waals surface area contributed by atoms with E-state index in [4.69, 9.17) is 19.4 Å². The number of furan rings is 1. The van der Waals surface area contributed by atoms with Gasteiger partial charge < -0.3 is 4.42 Å². The summed E-state index contributed by atoms with van der Waals surface area (Å²) < 4.78 is 9.04. The molecule has 4 nitrogen and oxygen atoms in total. The zero-order valence-corrected chi connectivity index (χ0v) is 34.2. The zero-order chi connectivity index (χ0) is 41.0. The van der Waals surface area contributed by atoms with Gasteiger partial charge in [0.15, 0.2) is 17.5 Å². The first-order valence-electron chi connectivity index (χ1n) is 20.8. The van der Waals surface area contributed by atoms with E-state index in [-0.39, 0.29) is 0 Å². The fraction of sp³-hybridized carbons (Fsp3) is 0. The van der Waals surface area contributed by atoms with Gasteiger partial charge in [0.2, 0.25) is 0 Å². The van der Waals surface area contributed by atoms with Crippen LogP contribution in [0.1, 0.15) is 0 Å². The number of benzene rings is 9. The average Bonchev–Trinajstić information content (AvgIpc) is 3.93. The molecule has 0 atom stereocenters. The second-order valence-electron chi connectivity index (χ2n) is 15.5. The molecule has 0 saturated carbocycles. The number of para-hydroxylation sites is 1. The smallest absolute Gasteiger partial charge is 0.167 e. The van der Waals surface area contributed by atoms with Gasteiger partial charge in [-0.2, -0.15) is 0 Å². The number of thiophene rings is 1. The van der Waals surface area contributed by atoms with Crippen molar-refractivity contribution in [1.82, 2.24) is 15.0 Å². The number of fused-ring (bicyclic) bond motifs is 6. The van der Waals surface area contributed by atoms with Crippen LogP contribution in [0.2, 0.25) is 0 Å². The third-order valence-corrected chi connectivity index (χ3v) is 13.0. The fourth-order valence-electron chi connectivity index (χ4n) is 8.71. The summed E-state index contributed by atoms with van der Waals surface area (Å²) in [5.74, 6) is 1.76. The minimum absolute atomic E-state index is 0.555. The minimum Gasteiger partial charge on any atom is -0.455 e. The van der Waals surface area contributed by atoms with Crippen LogP contribution in [-0.4, -0.2) is 15.0 Å². The van der Waals surface area contributed by atoms with Crippen molar-refractivity contribution in [3.63, 3.8) is 0 Å². The van der Waals surface area contributed by atoms with E-state index in [9.17, 15) is 0 Å². The molecule has 0 unspecified atom stereocenters. The highest BCUT2D eigenvalue weighted by atomic mass is 32.1. The van der Waals surface area contributed by atoms with Gasteiger partial charge in [-0.1, -0.05) is 176 Å². The van der Waals surface area contributed by atoms with Crippen molar-refractivity contribution in [3.05, 3.63) is 212 Å². The Hall–Kier alpha value is -7.99. The minimum atomic E-state index is 0.555. The topological polar surface area (TPSA) is 51.8 Å². The Kier molecular flexibility index (Phi) is 8.65. The van der Waals surface area contributed by atoms with Crippen LogP contribution in [0, 0.1) is 0 Å². The Morgan fingerprint density at radius 1 is 0.290 bits per heavy atom. The van der Waals surface area contributed by atoms with Crippen molar-refractivity contribution < 1.29 is 4.42 Å². The van der Waals surface area contributed by atoms with Gasteiger partial charge in [-0.25, -0.2) is 15.0 Å². The first-order valence-corrected chi connectivity index (χ1v) is 21.6. The molecule has 5 heteroatoms. The number of aromatic nitrogens is 3. The molecule has 9 aromatic carbocycles. The third kappa shape index (κ3) is 6.26. The van der Waals surface area contributed by atoms with Crippen molar-refractivity contribution in [2.75, 3.05) is 0 Å². The molecular weight excluding hydrogens is 775 g/mol. The van der Waals surface area contributed by atoms with Crippen molar-refractivity contribution >= 4 is 53.4 Å². The first kappa shape index (κ1) is 35.9. The lowest BCUT2D eigenvalue weighted by Crippen LogP contribution is -2.00. The molecule has 12 aromatic rings. The standard InChI is InChI=1S/C57H35N3OS/c1-5-16-36(17-6-1)40-24-13-25-42(32-40)44-26-14-28-46-49-34-43(38-20-9-3-10-21-38)35-50(54(49)62-53(44)46)57-59-55(39-22-11-4-12-23-39)58-56(60-57)47-29-15-27-45-48-33-41(37-18-7-2-8-19-37)30-31-51(48)61-52(45)47/h1-35H. The van der Waals surface area contributed by atoms with Crippen molar-refractivity contribution in [2.45, 2.75) is 0 Å². The number of nitrogens with zero attached hydrogens (tertiary/aromatic N) is 3.